The molecule has 39 heavy (non-hydrogen) atoms. The number of hydrogen-bond donors (Lipinski definition) is 0. The van der Waals surface area contributed by atoms with E-state index in [9.17, 15) is 9.18 Å². The summed E-state index contributed by atoms with van der Waals surface area (Å²) in [6.45, 7) is 5.28. The molecule has 0 spiro atoms. The SMILES string of the molecule is Cc1nc2c(o1)CCN(C(=O)Cc1ccc(OCCC3CC3C3CCN(c4ncc(Cl)cn4)CC3)cc1F)C2. The van der Waals surface area contributed by atoms with Crippen molar-refractivity contribution in [2.45, 2.75) is 52.0 Å². The van der Waals surface area contributed by atoms with Crippen LogP contribution in [-0.4, -0.2) is 52.0 Å². The summed E-state index contributed by atoms with van der Waals surface area (Å²) in [6.07, 6.45) is 8.47. The van der Waals surface area contributed by atoms with Crippen LogP contribution in [0.5, 0.6) is 5.75 Å². The van der Waals surface area contributed by atoms with Crippen LogP contribution in [0.2, 0.25) is 5.02 Å². The summed E-state index contributed by atoms with van der Waals surface area (Å²) in [7, 11) is 0. The fourth-order valence-corrected chi connectivity index (χ4v) is 6.18. The molecule has 1 amide bonds. The van der Waals surface area contributed by atoms with Gasteiger partial charge in [-0.15, -0.1) is 0 Å². The average Bonchev–Trinajstić information content (AvgIpc) is 3.61. The molecule has 2 unspecified atom stereocenters. The van der Waals surface area contributed by atoms with E-state index in [4.69, 9.17) is 20.8 Å². The molecule has 6 rings (SSSR count). The molecule has 3 aromatic rings. The van der Waals surface area contributed by atoms with Crippen molar-refractivity contribution in [3.8, 4) is 5.75 Å². The van der Waals surface area contributed by atoms with E-state index in [0.29, 0.717) is 54.3 Å². The van der Waals surface area contributed by atoms with Crippen LogP contribution >= 0.6 is 11.6 Å². The Kier molecular flexibility index (Phi) is 7.42. The van der Waals surface area contributed by atoms with Crippen molar-refractivity contribution in [2.75, 3.05) is 31.1 Å². The molecule has 1 saturated carbocycles. The first-order valence-electron chi connectivity index (χ1n) is 13.8. The zero-order valence-electron chi connectivity index (χ0n) is 22.1. The van der Waals surface area contributed by atoms with Crippen LogP contribution in [0.15, 0.2) is 35.0 Å². The van der Waals surface area contributed by atoms with Crippen LogP contribution in [0.3, 0.4) is 0 Å². The summed E-state index contributed by atoms with van der Waals surface area (Å²) < 4.78 is 26.2. The Morgan fingerprint density at radius 1 is 1.21 bits per heavy atom. The molecule has 1 saturated heterocycles. The molecule has 4 heterocycles. The average molecular weight is 554 g/mol. The minimum Gasteiger partial charge on any atom is -0.493 e. The number of anilines is 1. The molecule has 1 aromatic carbocycles. The number of nitrogens with zero attached hydrogens (tertiary/aromatic N) is 5. The Labute approximate surface area is 232 Å². The van der Waals surface area contributed by atoms with Crippen LogP contribution in [0.25, 0.3) is 0 Å². The lowest BCUT2D eigenvalue weighted by Gasteiger charge is -2.32. The van der Waals surface area contributed by atoms with Gasteiger partial charge in [-0.25, -0.2) is 19.3 Å². The minimum absolute atomic E-state index is 0.0188. The Morgan fingerprint density at radius 2 is 2.00 bits per heavy atom. The maximum absolute atomic E-state index is 14.8. The van der Waals surface area contributed by atoms with Gasteiger partial charge in [-0.05, 0) is 55.1 Å². The monoisotopic (exact) mass is 553 g/mol. The fraction of sp³-hybridized carbons (Fsp3) is 0.517. The third kappa shape index (κ3) is 6.03. The van der Waals surface area contributed by atoms with Crippen molar-refractivity contribution in [2.24, 2.45) is 17.8 Å². The number of rotatable bonds is 8. The zero-order valence-corrected chi connectivity index (χ0v) is 22.9. The van der Waals surface area contributed by atoms with Gasteiger partial charge >= 0.3 is 0 Å². The molecule has 1 aliphatic carbocycles. The summed E-state index contributed by atoms with van der Waals surface area (Å²) in [5.41, 5.74) is 1.18. The molecule has 0 radical (unpaired) electrons. The van der Waals surface area contributed by atoms with Crippen LogP contribution in [0.1, 0.15) is 48.6 Å². The predicted octanol–water partition coefficient (Wildman–Crippen LogP) is 5.01. The van der Waals surface area contributed by atoms with Gasteiger partial charge in [-0.1, -0.05) is 17.7 Å². The number of hydrogen-bond acceptors (Lipinski definition) is 7. The summed E-state index contributed by atoms with van der Waals surface area (Å²) >= 11 is 5.90. The number of carbonyl (C=O) groups excluding carboxylic acids is 1. The molecule has 8 nitrogen and oxygen atoms in total. The fourth-order valence-electron chi connectivity index (χ4n) is 6.08. The van der Waals surface area contributed by atoms with Gasteiger partial charge in [0, 0.05) is 39.0 Å². The molecule has 10 heteroatoms. The van der Waals surface area contributed by atoms with E-state index < -0.39 is 5.82 Å². The smallest absolute Gasteiger partial charge is 0.227 e. The lowest BCUT2D eigenvalue weighted by Crippen LogP contribution is -2.36. The van der Waals surface area contributed by atoms with Crippen molar-refractivity contribution in [1.82, 2.24) is 19.9 Å². The Morgan fingerprint density at radius 3 is 2.77 bits per heavy atom. The van der Waals surface area contributed by atoms with E-state index in [1.165, 1.54) is 12.5 Å². The van der Waals surface area contributed by atoms with Crippen LogP contribution in [-0.2, 0) is 24.2 Å². The Bertz CT molecular complexity index is 1320. The lowest BCUT2D eigenvalue weighted by atomic mass is 9.90. The Balaban J connectivity index is 0.924. The molecular weight excluding hydrogens is 521 g/mol. The molecule has 0 N–H and O–H groups in total. The minimum atomic E-state index is -0.406. The predicted molar refractivity (Wildman–Crippen MR) is 144 cm³/mol. The third-order valence-corrected chi connectivity index (χ3v) is 8.52. The maximum Gasteiger partial charge on any atom is 0.227 e. The van der Waals surface area contributed by atoms with Gasteiger partial charge in [0.25, 0.3) is 0 Å². The highest BCUT2D eigenvalue weighted by atomic mass is 35.5. The molecule has 2 aliphatic heterocycles. The zero-order chi connectivity index (χ0) is 26.9. The van der Waals surface area contributed by atoms with Crippen molar-refractivity contribution in [3.63, 3.8) is 0 Å². The van der Waals surface area contributed by atoms with Gasteiger partial charge in [-0.3, -0.25) is 4.79 Å². The van der Waals surface area contributed by atoms with Crippen molar-refractivity contribution in [3.05, 3.63) is 64.3 Å². The largest absolute Gasteiger partial charge is 0.493 e. The third-order valence-electron chi connectivity index (χ3n) is 8.32. The second-order valence-electron chi connectivity index (χ2n) is 10.9. The summed E-state index contributed by atoms with van der Waals surface area (Å²) in [6, 6.07) is 4.83. The molecule has 2 atom stereocenters. The summed E-state index contributed by atoms with van der Waals surface area (Å²) in [5.74, 6) is 4.36. The number of oxazole rings is 1. The van der Waals surface area contributed by atoms with Crippen molar-refractivity contribution in [1.29, 1.82) is 0 Å². The molecule has 2 aromatic heterocycles. The number of fused-ring (bicyclic) bond motifs is 1. The quantitative estimate of drug-likeness (QED) is 0.387. The van der Waals surface area contributed by atoms with Gasteiger partial charge < -0.3 is 19.0 Å². The van der Waals surface area contributed by atoms with E-state index in [1.54, 1.807) is 36.4 Å². The number of aromatic nitrogens is 3. The van der Waals surface area contributed by atoms with E-state index in [0.717, 1.165) is 61.6 Å². The van der Waals surface area contributed by atoms with E-state index in [2.05, 4.69) is 19.9 Å². The lowest BCUT2D eigenvalue weighted by molar-refractivity contribution is -0.131. The van der Waals surface area contributed by atoms with E-state index in [-0.39, 0.29) is 12.3 Å². The van der Waals surface area contributed by atoms with E-state index >= 15 is 0 Å². The standard InChI is InChI=1S/C29H33ClFN5O3/c1-18-34-26-17-36(10-6-27(26)39-18)28(37)13-21-2-3-23(14-25(21)31)38-11-7-20-12-24(20)19-4-8-35(9-5-19)29-32-15-22(30)16-33-29/h2-3,14-16,19-20,24H,4-13,17H2,1H3. The van der Waals surface area contributed by atoms with Gasteiger partial charge in [0.1, 0.15) is 23.0 Å². The highest BCUT2D eigenvalue weighted by Crippen LogP contribution is 2.49. The number of aryl methyl sites for hydroxylation is 1. The van der Waals surface area contributed by atoms with Crippen LogP contribution in [0.4, 0.5) is 10.3 Å². The molecule has 3 aliphatic rings. The van der Waals surface area contributed by atoms with Gasteiger partial charge in [-0.2, -0.15) is 0 Å². The number of benzene rings is 1. The Hall–Kier alpha value is -3.20. The molecule has 0 bridgehead atoms. The summed E-state index contributed by atoms with van der Waals surface area (Å²) in [5, 5.41) is 0.556. The van der Waals surface area contributed by atoms with Gasteiger partial charge in [0.2, 0.25) is 11.9 Å². The number of piperidine rings is 1. The number of halogens is 2. The van der Waals surface area contributed by atoms with Gasteiger partial charge in [0.05, 0.1) is 37.0 Å². The second kappa shape index (κ2) is 11.1. The van der Waals surface area contributed by atoms with Crippen LogP contribution < -0.4 is 9.64 Å². The first-order chi connectivity index (χ1) is 18.9. The van der Waals surface area contributed by atoms with Gasteiger partial charge in [0.15, 0.2) is 5.89 Å². The topological polar surface area (TPSA) is 84.6 Å². The summed E-state index contributed by atoms with van der Waals surface area (Å²) in [4.78, 5) is 29.8. The normalized spacial score (nSPS) is 21.1. The highest BCUT2D eigenvalue weighted by Gasteiger charge is 2.43. The molecule has 206 valence electrons. The number of ether oxygens (including phenoxy) is 1. The van der Waals surface area contributed by atoms with Crippen molar-refractivity contribution >= 4 is 23.5 Å². The maximum atomic E-state index is 14.8. The number of amides is 1. The molecular formula is C29H33ClFN5O3. The van der Waals surface area contributed by atoms with E-state index in [1.807, 2.05) is 0 Å². The second-order valence-corrected chi connectivity index (χ2v) is 11.4. The first kappa shape index (κ1) is 26.0. The van der Waals surface area contributed by atoms with Crippen LogP contribution in [0, 0.1) is 30.5 Å². The molecule has 2 fully saturated rings. The number of carbonyl (C=O) groups is 1. The first-order valence-corrected chi connectivity index (χ1v) is 14.2. The van der Waals surface area contributed by atoms with Crippen molar-refractivity contribution < 1.29 is 18.3 Å². The highest BCUT2D eigenvalue weighted by molar-refractivity contribution is 6.30.